The monoisotopic (exact) mass is 846 g/mol. The van der Waals surface area contributed by atoms with Crippen LogP contribution >= 0.6 is 15.9 Å². The highest BCUT2D eigenvalue weighted by Crippen LogP contribution is 2.31. The predicted molar refractivity (Wildman–Crippen MR) is 254 cm³/mol. The second-order valence-electron chi connectivity index (χ2n) is 14.3. The summed E-state index contributed by atoms with van der Waals surface area (Å²) in [4.78, 5) is 9.81. The summed E-state index contributed by atoms with van der Waals surface area (Å²) in [6.45, 7) is 0. The van der Waals surface area contributed by atoms with E-state index < -0.39 is 0 Å². The molecule has 288 valence electrons. The average Bonchev–Trinajstić information content (AvgIpc) is 4.06. The minimum Gasteiger partial charge on any atom is -0.278 e. The van der Waals surface area contributed by atoms with Gasteiger partial charge in [-0.1, -0.05) is 131 Å². The summed E-state index contributed by atoms with van der Waals surface area (Å²) in [6, 6.07) is 69.7. The summed E-state index contributed by atoms with van der Waals surface area (Å²) in [5.74, 6) is 10.9. The molecule has 7 heteroatoms. The number of rotatable bonds is 2. The number of halogens is 1. The Balaban J connectivity index is 0.000000127. The van der Waals surface area contributed by atoms with Crippen molar-refractivity contribution in [1.29, 1.82) is 0 Å². The number of hydrogen-bond acceptors (Lipinski definition) is 2. The van der Waals surface area contributed by atoms with E-state index in [2.05, 4.69) is 167 Å². The molecule has 0 amide bonds. The number of imidazole rings is 4. The molecule has 0 bridgehead atoms. The van der Waals surface area contributed by atoms with E-state index in [0.717, 1.165) is 88.2 Å². The van der Waals surface area contributed by atoms with Crippen LogP contribution in [0.3, 0.4) is 0 Å². The van der Waals surface area contributed by atoms with Gasteiger partial charge in [-0.05, 0) is 109 Å². The van der Waals surface area contributed by atoms with Crippen molar-refractivity contribution in [2.75, 3.05) is 0 Å². The normalized spacial score (nSPS) is 10.9. The van der Waals surface area contributed by atoms with E-state index in [0.29, 0.717) is 0 Å². The van der Waals surface area contributed by atoms with Crippen LogP contribution in [0.5, 0.6) is 0 Å². The second-order valence-corrected chi connectivity index (χ2v) is 15.2. The van der Waals surface area contributed by atoms with Gasteiger partial charge in [0, 0.05) is 21.2 Å². The van der Waals surface area contributed by atoms with Gasteiger partial charge in [0.25, 0.3) is 0 Å². The molecule has 0 radical (unpaired) electrons. The van der Waals surface area contributed by atoms with Crippen LogP contribution in [0.1, 0.15) is 16.7 Å². The van der Waals surface area contributed by atoms with Crippen LogP contribution in [0, 0.1) is 24.2 Å². The first-order chi connectivity index (χ1) is 30.1. The van der Waals surface area contributed by atoms with Gasteiger partial charge in [0.15, 0.2) is 0 Å². The van der Waals surface area contributed by atoms with Crippen molar-refractivity contribution >= 4 is 71.6 Å². The third-order valence-corrected chi connectivity index (χ3v) is 10.9. The molecule has 0 aliphatic heterocycles. The lowest BCUT2D eigenvalue weighted by Gasteiger charge is -2.05. The highest BCUT2D eigenvalue weighted by Gasteiger charge is 2.18. The molecule has 4 heterocycles. The van der Waals surface area contributed by atoms with Crippen molar-refractivity contribution in [3.8, 4) is 35.6 Å². The van der Waals surface area contributed by atoms with E-state index in [1.807, 2.05) is 91.0 Å². The van der Waals surface area contributed by atoms with Gasteiger partial charge in [0.2, 0.25) is 11.6 Å². The zero-order chi connectivity index (χ0) is 41.1. The van der Waals surface area contributed by atoms with Crippen molar-refractivity contribution in [2.45, 2.75) is 0 Å². The fourth-order valence-corrected chi connectivity index (χ4v) is 8.14. The first-order valence-electron chi connectivity index (χ1n) is 19.8. The Labute approximate surface area is 360 Å². The Morgan fingerprint density at radius 1 is 0.377 bits per heavy atom. The zero-order valence-corrected chi connectivity index (χ0v) is 34.4. The van der Waals surface area contributed by atoms with Gasteiger partial charge >= 0.3 is 0 Å². The van der Waals surface area contributed by atoms with Gasteiger partial charge in [0.05, 0.1) is 55.5 Å². The van der Waals surface area contributed by atoms with E-state index in [9.17, 15) is 0 Å². The predicted octanol–water partition coefficient (Wildman–Crippen LogP) is 12.7. The summed E-state index contributed by atoms with van der Waals surface area (Å²) in [5, 5.41) is 0. The molecule has 8 aromatic carbocycles. The Kier molecular flexibility index (Phi) is 9.92. The molecule has 0 aliphatic rings. The molecule has 6 nitrogen and oxygen atoms in total. The van der Waals surface area contributed by atoms with E-state index in [1.165, 1.54) is 0 Å². The van der Waals surface area contributed by atoms with Crippen LogP contribution in [-0.2, 0) is 0 Å². The number of benzene rings is 8. The van der Waals surface area contributed by atoms with E-state index in [-0.39, 0.29) is 0 Å². The molecule has 12 rings (SSSR count). The molecule has 0 unspecified atom stereocenters. The van der Waals surface area contributed by atoms with Gasteiger partial charge in [0.1, 0.15) is 0 Å². The van der Waals surface area contributed by atoms with Gasteiger partial charge in [-0.15, -0.1) is 6.42 Å². The van der Waals surface area contributed by atoms with E-state index in [4.69, 9.17) is 16.4 Å². The molecule has 0 atom stereocenters. The minimum atomic E-state index is 0.908. The van der Waals surface area contributed by atoms with Gasteiger partial charge in [-0.2, -0.15) is 0 Å². The van der Waals surface area contributed by atoms with Crippen LogP contribution < -0.4 is 0 Å². The number of nitrogens with zero attached hydrogens (tertiary/aromatic N) is 6. The Hall–Kier alpha value is -8.10. The lowest BCUT2D eigenvalue weighted by molar-refractivity contribution is 1.11. The summed E-state index contributed by atoms with van der Waals surface area (Å²) in [6.07, 6.45) is 5.10. The van der Waals surface area contributed by atoms with E-state index in [1.54, 1.807) is 0 Å². The largest absolute Gasteiger partial charge is 0.278 e. The maximum atomic E-state index is 5.10. The molecule has 12 aromatic rings. The number of fused-ring (bicyclic) bond motifs is 10. The summed E-state index contributed by atoms with van der Waals surface area (Å²) in [7, 11) is 0. The molecular weight excluding hydrogens is 813 g/mol. The fourth-order valence-electron chi connectivity index (χ4n) is 7.75. The SMILES string of the molecule is Brc1cccc(-n2c3ccccc3n3c4ccccc4nc23)c1.C#Cc1ccccc1.C(#Cc1cccc(-n2c3ccccc3n3c4ccccc4nc23)c1)c1ccccc1. The highest BCUT2D eigenvalue weighted by atomic mass is 79.9. The van der Waals surface area contributed by atoms with Gasteiger partial charge in [-0.25, -0.2) is 9.97 Å². The maximum absolute atomic E-state index is 5.10. The third kappa shape index (κ3) is 7.10. The second kappa shape index (κ2) is 16.3. The molecule has 0 N–H and O–H groups in total. The van der Waals surface area contributed by atoms with Crippen molar-refractivity contribution in [3.05, 3.63) is 227 Å². The third-order valence-electron chi connectivity index (χ3n) is 10.4. The lowest BCUT2D eigenvalue weighted by Crippen LogP contribution is -1.95. The summed E-state index contributed by atoms with van der Waals surface area (Å²) >= 11 is 3.57. The first kappa shape index (κ1) is 37.2. The molecule has 0 fully saturated rings. The van der Waals surface area contributed by atoms with Crippen molar-refractivity contribution in [2.24, 2.45) is 0 Å². The van der Waals surface area contributed by atoms with Gasteiger partial charge < -0.3 is 0 Å². The van der Waals surface area contributed by atoms with Crippen LogP contribution in [0.15, 0.2) is 211 Å². The molecule has 0 spiro atoms. The number of terminal acetylenes is 1. The number of para-hydroxylation sites is 8. The standard InChI is InChI=1S/C27H17N3.C19H12BrN3.C8H6/c1-2-9-20(10-3-1)17-18-21-11-8-12-22(19-21)29-25-15-6-7-16-26(25)30-24-14-5-4-13-23(24)28-27(29)30;20-13-6-5-7-14(12-13)22-17-10-3-4-11-18(17)23-16-9-2-1-8-15(16)21-19(22)23;1-2-8-6-4-3-5-7-8/h1-16,19H;1-12H;1,3-7H. The summed E-state index contributed by atoms with van der Waals surface area (Å²) < 4.78 is 9.93. The van der Waals surface area contributed by atoms with Crippen molar-refractivity contribution < 1.29 is 0 Å². The number of aromatic nitrogens is 6. The molecular formula is C54H35BrN6. The van der Waals surface area contributed by atoms with Crippen LogP contribution in [0.25, 0.3) is 67.1 Å². The first-order valence-corrected chi connectivity index (χ1v) is 20.6. The van der Waals surface area contributed by atoms with Crippen LogP contribution in [0.2, 0.25) is 0 Å². The quantitative estimate of drug-likeness (QED) is 0.163. The van der Waals surface area contributed by atoms with Crippen LogP contribution in [-0.4, -0.2) is 27.9 Å². The molecule has 0 saturated carbocycles. The molecule has 0 saturated heterocycles. The van der Waals surface area contributed by atoms with E-state index >= 15 is 0 Å². The fraction of sp³-hybridized carbons (Fsp3) is 0. The minimum absolute atomic E-state index is 0.908. The smallest absolute Gasteiger partial charge is 0.220 e. The molecule has 0 aliphatic carbocycles. The molecule has 4 aromatic heterocycles. The Morgan fingerprint density at radius 3 is 1.30 bits per heavy atom. The average molecular weight is 848 g/mol. The lowest BCUT2D eigenvalue weighted by atomic mass is 10.1. The highest BCUT2D eigenvalue weighted by molar-refractivity contribution is 9.10. The maximum Gasteiger partial charge on any atom is 0.220 e. The van der Waals surface area contributed by atoms with Crippen molar-refractivity contribution in [3.63, 3.8) is 0 Å². The number of hydrogen-bond donors (Lipinski definition) is 0. The topological polar surface area (TPSA) is 44.5 Å². The van der Waals surface area contributed by atoms with Gasteiger partial charge in [-0.3, -0.25) is 17.9 Å². The van der Waals surface area contributed by atoms with Crippen LogP contribution in [0.4, 0.5) is 0 Å². The summed E-state index contributed by atoms with van der Waals surface area (Å²) in [5.41, 5.74) is 13.9. The zero-order valence-electron chi connectivity index (χ0n) is 32.8. The Bertz CT molecular complexity index is 3630. The Morgan fingerprint density at radius 2 is 0.787 bits per heavy atom. The van der Waals surface area contributed by atoms with Crippen molar-refractivity contribution in [1.82, 2.24) is 27.9 Å². The molecule has 61 heavy (non-hydrogen) atoms.